The van der Waals surface area contributed by atoms with Crippen molar-refractivity contribution in [1.82, 2.24) is 10.2 Å². The molecule has 3 aromatic rings. The van der Waals surface area contributed by atoms with Gasteiger partial charge in [0.25, 0.3) is 5.22 Å². The fraction of sp³-hybridized carbons (Fsp3) is 0.200. The number of amides is 1. The van der Waals surface area contributed by atoms with Gasteiger partial charge in [-0.05, 0) is 43.3 Å². The molecule has 3 rings (SSSR count). The highest BCUT2D eigenvalue weighted by atomic mass is 32.2. The van der Waals surface area contributed by atoms with Crippen molar-refractivity contribution in [3.8, 4) is 29.0 Å². The molecule has 2 aromatic carbocycles. The molecular weight excluding hydrogens is 392 g/mol. The standard InChI is InChI=1S/C20H18N4O4S/c1-12(18(25)22-15-6-4-5-13(9-15)11-21)29-20-24-23-19(28-20)14-7-8-16(26-2)17(10-14)27-3/h4-10,12H,1-3H3,(H,22,25)/t12-/m1/s1. The number of ether oxygens (including phenoxy) is 2. The highest BCUT2D eigenvalue weighted by molar-refractivity contribution is 8.00. The fourth-order valence-electron chi connectivity index (χ4n) is 2.46. The molecule has 29 heavy (non-hydrogen) atoms. The number of thioether (sulfide) groups is 1. The number of hydrogen-bond donors (Lipinski definition) is 1. The Balaban J connectivity index is 1.67. The van der Waals surface area contributed by atoms with Gasteiger partial charge in [0.15, 0.2) is 11.5 Å². The van der Waals surface area contributed by atoms with E-state index in [2.05, 4.69) is 15.5 Å². The minimum Gasteiger partial charge on any atom is -0.493 e. The van der Waals surface area contributed by atoms with E-state index in [1.807, 2.05) is 6.07 Å². The lowest BCUT2D eigenvalue weighted by molar-refractivity contribution is -0.115. The zero-order valence-electron chi connectivity index (χ0n) is 16.0. The maximum Gasteiger partial charge on any atom is 0.277 e. The number of nitrogens with zero attached hydrogens (tertiary/aromatic N) is 3. The van der Waals surface area contributed by atoms with E-state index in [1.54, 1.807) is 63.6 Å². The second-order valence-electron chi connectivity index (χ2n) is 5.88. The monoisotopic (exact) mass is 410 g/mol. The van der Waals surface area contributed by atoms with Crippen LogP contribution >= 0.6 is 11.8 Å². The van der Waals surface area contributed by atoms with Crippen molar-refractivity contribution in [2.24, 2.45) is 0 Å². The van der Waals surface area contributed by atoms with Crippen LogP contribution in [-0.2, 0) is 4.79 Å². The van der Waals surface area contributed by atoms with E-state index < -0.39 is 5.25 Å². The fourth-order valence-corrected chi connectivity index (χ4v) is 3.14. The van der Waals surface area contributed by atoms with Crippen LogP contribution in [0.4, 0.5) is 5.69 Å². The molecule has 9 heteroatoms. The summed E-state index contributed by atoms with van der Waals surface area (Å²) < 4.78 is 16.2. The molecule has 0 aliphatic rings. The molecule has 0 spiro atoms. The van der Waals surface area contributed by atoms with Crippen LogP contribution < -0.4 is 14.8 Å². The lowest BCUT2D eigenvalue weighted by Gasteiger charge is -2.10. The van der Waals surface area contributed by atoms with Crippen LogP contribution in [0.5, 0.6) is 11.5 Å². The maximum absolute atomic E-state index is 12.4. The van der Waals surface area contributed by atoms with E-state index in [0.717, 1.165) is 11.8 Å². The molecule has 1 atom stereocenters. The Morgan fingerprint density at radius 1 is 1.17 bits per heavy atom. The highest BCUT2D eigenvalue weighted by Crippen LogP contribution is 2.33. The summed E-state index contributed by atoms with van der Waals surface area (Å²) in [5, 5.41) is 19.5. The van der Waals surface area contributed by atoms with Crippen molar-refractivity contribution in [2.45, 2.75) is 17.4 Å². The topological polar surface area (TPSA) is 110 Å². The third-order valence-corrected chi connectivity index (χ3v) is 4.88. The smallest absolute Gasteiger partial charge is 0.277 e. The average molecular weight is 410 g/mol. The van der Waals surface area contributed by atoms with Crippen molar-refractivity contribution in [1.29, 1.82) is 5.26 Å². The normalized spacial score (nSPS) is 11.4. The minimum atomic E-state index is -0.487. The van der Waals surface area contributed by atoms with Gasteiger partial charge >= 0.3 is 0 Å². The van der Waals surface area contributed by atoms with Crippen LogP contribution in [-0.4, -0.2) is 35.6 Å². The molecule has 0 unspecified atom stereocenters. The van der Waals surface area contributed by atoms with Crippen LogP contribution in [0.25, 0.3) is 11.5 Å². The molecule has 1 amide bonds. The minimum absolute atomic E-state index is 0.240. The summed E-state index contributed by atoms with van der Waals surface area (Å²) in [6.07, 6.45) is 0. The van der Waals surface area contributed by atoms with Crippen molar-refractivity contribution in [2.75, 3.05) is 19.5 Å². The van der Waals surface area contributed by atoms with Crippen molar-refractivity contribution >= 4 is 23.4 Å². The first-order chi connectivity index (χ1) is 14.0. The van der Waals surface area contributed by atoms with Gasteiger partial charge in [-0.2, -0.15) is 5.26 Å². The number of anilines is 1. The number of hydrogen-bond acceptors (Lipinski definition) is 8. The number of carbonyl (C=O) groups excluding carboxylic acids is 1. The average Bonchev–Trinajstić information content (AvgIpc) is 3.21. The van der Waals surface area contributed by atoms with Crippen LogP contribution in [0.1, 0.15) is 12.5 Å². The summed E-state index contributed by atoms with van der Waals surface area (Å²) in [4.78, 5) is 12.4. The Morgan fingerprint density at radius 3 is 2.69 bits per heavy atom. The highest BCUT2D eigenvalue weighted by Gasteiger charge is 2.19. The van der Waals surface area contributed by atoms with Gasteiger partial charge in [0.1, 0.15) is 0 Å². The first-order valence-electron chi connectivity index (χ1n) is 8.57. The third kappa shape index (κ3) is 4.86. The van der Waals surface area contributed by atoms with Crippen LogP contribution in [0.3, 0.4) is 0 Å². The van der Waals surface area contributed by atoms with Gasteiger partial charge in [-0.1, -0.05) is 17.8 Å². The number of benzene rings is 2. The molecule has 0 bridgehead atoms. The first kappa shape index (κ1) is 20.2. The SMILES string of the molecule is COc1ccc(-c2nnc(S[C@H](C)C(=O)Nc3cccc(C#N)c3)o2)cc1OC. The summed E-state index contributed by atoms with van der Waals surface area (Å²) in [5.41, 5.74) is 1.70. The molecule has 1 N–H and O–H groups in total. The van der Waals surface area contributed by atoms with Crippen LogP contribution in [0.15, 0.2) is 52.1 Å². The van der Waals surface area contributed by atoms with E-state index >= 15 is 0 Å². The molecule has 0 fully saturated rings. The molecule has 0 aliphatic heterocycles. The van der Waals surface area contributed by atoms with Gasteiger partial charge in [0, 0.05) is 11.3 Å². The Bertz CT molecular complexity index is 1060. The van der Waals surface area contributed by atoms with E-state index in [1.165, 1.54) is 0 Å². The maximum atomic E-state index is 12.4. The second kappa shape index (κ2) is 9.12. The zero-order valence-corrected chi connectivity index (χ0v) is 16.8. The lowest BCUT2D eigenvalue weighted by Crippen LogP contribution is -2.22. The van der Waals surface area contributed by atoms with Gasteiger partial charge in [-0.15, -0.1) is 10.2 Å². The predicted molar refractivity (Wildman–Crippen MR) is 108 cm³/mol. The largest absolute Gasteiger partial charge is 0.493 e. The van der Waals surface area contributed by atoms with Crippen LogP contribution in [0, 0.1) is 11.3 Å². The van der Waals surface area contributed by atoms with E-state index in [0.29, 0.717) is 34.2 Å². The van der Waals surface area contributed by atoms with E-state index in [9.17, 15) is 4.79 Å². The van der Waals surface area contributed by atoms with Crippen LogP contribution in [0.2, 0.25) is 0 Å². The second-order valence-corrected chi connectivity index (χ2v) is 7.18. The Kier molecular flexibility index (Phi) is 6.36. The van der Waals surface area contributed by atoms with Crippen molar-refractivity contribution < 1.29 is 18.7 Å². The van der Waals surface area contributed by atoms with Gasteiger partial charge in [-0.3, -0.25) is 4.79 Å². The Labute approximate surface area is 171 Å². The summed E-state index contributed by atoms with van der Waals surface area (Å²) in [6, 6.07) is 14.0. The molecule has 8 nitrogen and oxygen atoms in total. The van der Waals surface area contributed by atoms with E-state index in [4.69, 9.17) is 19.2 Å². The number of nitrogens with one attached hydrogen (secondary N) is 1. The number of rotatable bonds is 7. The lowest BCUT2D eigenvalue weighted by atomic mass is 10.2. The van der Waals surface area contributed by atoms with Gasteiger partial charge in [0.2, 0.25) is 11.8 Å². The Morgan fingerprint density at radius 2 is 1.97 bits per heavy atom. The Hall–Kier alpha value is -3.51. The molecule has 0 radical (unpaired) electrons. The quantitative estimate of drug-likeness (QED) is 0.587. The van der Waals surface area contributed by atoms with Gasteiger partial charge in [0.05, 0.1) is 31.1 Å². The number of methoxy groups -OCH3 is 2. The van der Waals surface area contributed by atoms with Crippen molar-refractivity contribution in [3.63, 3.8) is 0 Å². The summed E-state index contributed by atoms with van der Waals surface area (Å²) in [6.45, 7) is 1.73. The molecule has 1 aromatic heterocycles. The predicted octanol–water partition coefficient (Wildman–Crippen LogP) is 3.74. The van der Waals surface area contributed by atoms with Crippen molar-refractivity contribution in [3.05, 3.63) is 48.0 Å². The van der Waals surface area contributed by atoms with Gasteiger partial charge in [-0.25, -0.2) is 0 Å². The molecule has 0 aliphatic carbocycles. The summed E-state index contributed by atoms with van der Waals surface area (Å²) >= 11 is 1.14. The van der Waals surface area contributed by atoms with E-state index in [-0.39, 0.29) is 11.1 Å². The molecule has 0 saturated carbocycles. The summed E-state index contributed by atoms with van der Waals surface area (Å²) in [5.74, 6) is 1.21. The first-order valence-corrected chi connectivity index (χ1v) is 9.45. The molecule has 0 saturated heterocycles. The van der Waals surface area contributed by atoms with Gasteiger partial charge < -0.3 is 19.2 Å². The zero-order chi connectivity index (χ0) is 20.8. The number of aromatic nitrogens is 2. The molecular formula is C20H18N4O4S. The molecule has 1 heterocycles. The third-order valence-electron chi connectivity index (χ3n) is 3.94. The number of carbonyl (C=O) groups is 1. The summed E-state index contributed by atoms with van der Waals surface area (Å²) in [7, 11) is 3.10. The molecule has 148 valence electrons. The number of nitriles is 1.